The first kappa shape index (κ1) is 6.55. The minimum absolute atomic E-state index is 0.234. The van der Waals surface area contributed by atoms with Gasteiger partial charge in [0.15, 0.2) is 0 Å². The Balaban J connectivity index is 2.30. The van der Waals surface area contributed by atoms with Crippen LogP contribution in [-0.4, -0.2) is 23.8 Å². The molecule has 1 N–H and O–H groups in total. The Morgan fingerprint density at radius 3 is 2.78 bits per heavy atom. The monoisotopic (exact) mass is 130 g/mol. The Bertz CT molecular complexity index is 102. The van der Waals surface area contributed by atoms with Crippen LogP contribution >= 0.6 is 0 Å². The molecule has 0 aliphatic heterocycles. The van der Waals surface area contributed by atoms with E-state index in [4.69, 9.17) is 5.11 Å². The zero-order valence-electron chi connectivity index (χ0n) is 5.12. The third-order valence-electron chi connectivity index (χ3n) is 1.65. The first-order valence-corrected chi connectivity index (χ1v) is 3.12. The van der Waals surface area contributed by atoms with E-state index in [1.165, 1.54) is 0 Å². The van der Waals surface area contributed by atoms with Gasteiger partial charge in [-0.05, 0) is 19.3 Å². The zero-order chi connectivity index (χ0) is 6.69. The Morgan fingerprint density at radius 1 is 1.56 bits per heavy atom. The van der Waals surface area contributed by atoms with E-state index in [2.05, 4.69) is 4.74 Å². The fraction of sp³-hybridized carbons (Fsp3) is 0.833. The van der Waals surface area contributed by atoms with Gasteiger partial charge in [-0.15, -0.1) is 0 Å². The predicted molar refractivity (Wildman–Crippen MR) is 30.8 cm³/mol. The lowest BCUT2D eigenvalue weighted by Crippen LogP contribution is -2.21. The van der Waals surface area contributed by atoms with Crippen LogP contribution in [0.3, 0.4) is 0 Å². The first-order chi connectivity index (χ1) is 4.34. The van der Waals surface area contributed by atoms with Gasteiger partial charge in [-0.25, -0.2) is 0 Å². The van der Waals surface area contributed by atoms with Crippen molar-refractivity contribution in [3.63, 3.8) is 0 Å². The van der Waals surface area contributed by atoms with Crippen molar-refractivity contribution >= 4 is 6.47 Å². The van der Waals surface area contributed by atoms with Gasteiger partial charge in [0.05, 0.1) is 6.10 Å². The lowest BCUT2D eigenvalue weighted by Gasteiger charge is -2.10. The number of rotatable bonds is 2. The lowest BCUT2D eigenvalue weighted by atomic mass is 10.3. The van der Waals surface area contributed by atoms with E-state index in [0.717, 1.165) is 19.3 Å². The van der Waals surface area contributed by atoms with Crippen molar-refractivity contribution in [3.8, 4) is 0 Å². The molecular weight excluding hydrogens is 120 g/mol. The molecule has 0 saturated heterocycles. The molecule has 0 unspecified atom stereocenters. The highest BCUT2D eigenvalue weighted by molar-refractivity contribution is 5.37. The van der Waals surface area contributed by atoms with Crippen LogP contribution in [0.5, 0.6) is 0 Å². The number of aliphatic hydroxyl groups is 1. The van der Waals surface area contributed by atoms with Gasteiger partial charge in [-0.3, -0.25) is 4.79 Å². The zero-order valence-corrected chi connectivity index (χ0v) is 5.12. The first-order valence-electron chi connectivity index (χ1n) is 3.12. The lowest BCUT2D eigenvalue weighted by molar-refractivity contribution is -0.137. The second-order valence-electron chi connectivity index (χ2n) is 2.27. The molecule has 3 nitrogen and oxygen atoms in total. The summed E-state index contributed by atoms with van der Waals surface area (Å²) >= 11 is 0. The summed E-state index contributed by atoms with van der Waals surface area (Å²) in [6.45, 7) is 0.402. The van der Waals surface area contributed by atoms with E-state index in [1.54, 1.807) is 0 Å². The van der Waals surface area contributed by atoms with Crippen molar-refractivity contribution in [1.82, 2.24) is 0 Å². The van der Waals surface area contributed by atoms with Crippen molar-refractivity contribution in [3.05, 3.63) is 0 Å². The maximum atomic E-state index is 9.77. The molecule has 2 atom stereocenters. The molecule has 0 amide bonds. The van der Waals surface area contributed by atoms with E-state index in [1.807, 2.05) is 0 Å². The van der Waals surface area contributed by atoms with E-state index >= 15 is 0 Å². The molecule has 0 radical (unpaired) electrons. The molecule has 1 rings (SSSR count). The molecule has 0 bridgehead atoms. The Kier molecular flexibility index (Phi) is 2.05. The van der Waals surface area contributed by atoms with Crippen LogP contribution < -0.4 is 0 Å². The highest BCUT2D eigenvalue weighted by Gasteiger charge is 2.25. The molecular formula is C6H10O3. The molecule has 1 saturated carbocycles. The topological polar surface area (TPSA) is 46.5 Å². The van der Waals surface area contributed by atoms with Crippen molar-refractivity contribution in [2.45, 2.75) is 31.5 Å². The van der Waals surface area contributed by atoms with E-state index in [0.29, 0.717) is 6.47 Å². The third kappa shape index (κ3) is 1.42. The normalized spacial score (nSPS) is 34.3. The summed E-state index contributed by atoms with van der Waals surface area (Å²) in [6.07, 6.45) is 1.87. The van der Waals surface area contributed by atoms with Crippen LogP contribution in [0.4, 0.5) is 0 Å². The molecule has 1 fully saturated rings. The second kappa shape index (κ2) is 2.82. The highest BCUT2D eigenvalue weighted by atomic mass is 16.5. The quantitative estimate of drug-likeness (QED) is 0.538. The van der Waals surface area contributed by atoms with Gasteiger partial charge >= 0.3 is 0 Å². The third-order valence-corrected chi connectivity index (χ3v) is 1.65. The molecule has 1 aliphatic rings. The minimum atomic E-state index is -0.421. The summed E-state index contributed by atoms with van der Waals surface area (Å²) in [5.74, 6) is 0. The summed E-state index contributed by atoms with van der Waals surface area (Å²) < 4.78 is 4.58. The minimum Gasteiger partial charge on any atom is -0.462 e. The van der Waals surface area contributed by atoms with Crippen LogP contribution in [0.2, 0.25) is 0 Å². The van der Waals surface area contributed by atoms with Gasteiger partial charge in [0.1, 0.15) is 6.10 Å². The number of ether oxygens (including phenoxy) is 1. The van der Waals surface area contributed by atoms with E-state index < -0.39 is 6.10 Å². The van der Waals surface area contributed by atoms with Crippen LogP contribution in [0.25, 0.3) is 0 Å². The Labute approximate surface area is 53.6 Å². The van der Waals surface area contributed by atoms with E-state index in [-0.39, 0.29) is 6.10 Å². The van der Waals surface area contributed by atoms with Gasteiger partial charge in [0, 0.05) is 0 Å². The molecule has 9 heavy (non-hydrogen) atoms. The summed E-state index contributed by atoms with van der Waals surface area (Å²) in [4.78, 5) is 9.77. The SMILES string of the molecule is O=CO[C@@H]1CCC[C@@H]1O. The molecule has 0 spiro atoms. The second-order valence-corrected chi connectivity index (χ2v) is 2.27. The summed E-state index contributed by atoms with van der Waals surface area (Å²) in [5.41, 5.74) is 0. The maximum absolute atomic E-state index is 9.77. The van der Waals surface area contributed by atoms with Gasteiger partial charge in [-0.1, -0.05) is 0 Å². The standard InChI is InChI=1S/C6H10O3/c7-4-9-6-3-1-2-5(6)8/h4-6,8H,1-3H2/t5-,6+/m0/s1. The summed E-state index contributed by atoms with van der Waals surface area (Å²) in [5, 5.41) is 9.04. The largest absolute Gasteiger partial charge is 0.462 e. The average Bonchev–Trinajstić information content (AvgIpc) is 2.18. The predicted octanol–water partition coefficient (Wildman–Crippen LogP) is 0.0728. The van der Waals surface area contributed by atoms with Crippen molar-refractivity contribution in [2.24, 2.45) is 0 Å². The van der Waals surface area contributed by atoms with Gasteiger partial charge in [0.2, 0.25) is 0 Å². The fourth-order valence-electron chi connectivity index (χ4n) is 1.14. The number of hydrogen-bond acceptors (Lipinski definition) is 3. The van der Waals surface area contributed by atoms with Crippen molar-refractivity contribution in [2.75, 3.05) is 0 Å². The Hall–Kier alpha value is -0.570. The molecule has 0 heterocycles. The smallest absolute Gasteiger partial charge is 0.293 e. The van der Waals surface area contributed by atoms with Gasteiger partial charge in [0.25, 0.3) is 6.47 Å². The van der Waals surface area contributed by atoms with Crippen molar-refractivity contribution in [1.29, 1.82) is 0 Å². The van der Waals surface area contributed by atoms with Crippen LogP contribution in [0.15, 0.2) is 0 Å². The molecule has 0 aromatic rings. The Morgan fingerprint density at radius 2 is 2.33 bits per heavy atom. The highest BCUT2D eigenvalue weighted by Crippen LogP contribution is 2.20. The number of carbonyl (C=O) groups excluding carboxylic acids is 1. The van der Waals surface area contributed by atoms with Gasteiger partial charge in [-0.2, -0.15) is 0 Å². The summed E-state index contributed by atoms with van der Waals surface area (Å²) in [7, 11) is 0. The van der Waals surface area contributed by atoms with Gasteiger partial charge < -0.3 is 9.84 Å². The summed E-state index contributed by atoms with van der Waals surface area (Å²) in [6, 6.07) is 0. The van der Waals surface area contributed by atoms with Crippen molar-refractivity contribution < 1.29 is 14.6 Å². The average molecular weight is 130 g/mol. The van der Waals surface area contributed by atoms with Crippen LogP contribution in [0, 0.1) is 0 Å². The van der Waals surface area contributed by atoms with E-state index in [9.17, 15) is 4.79 Å². The van der Waals surface area contributed by atoms with Crippen LogP contribution in [-0.2, 0) is 9.53 Å². The maximum Gasteiger partial charge on any atom is 0.293 e. The number of hydrogen-bond donors (Lipinski definition) is 1. The molecule has 1 aliphatic carbocycles. The van der Waals surface area contributed by atoms with Crippen LogP contribution in [0.1, 0.15) is 19.3 Å². The number of aliphatic hydroxyl groups excluding tert-OH is 1. The fourth-order valence-corrected chi connectivity index (χ4v) is 1.14. The molecule has 0 aromatic carbocycles. The molecule has 0 aromatic heterocycles. The molecule has 3 heteroatoms. The molecule has 52 valence electrons. The number of carbonyl (C=O) groups is 1.